The van der Waals surface area contributed by atoms with E-state index in [2.05, 4.69) is 10.4 Å². The van der Waals surface area contributed by atoms with E-state index >= 15 is 0 Å². The Bertz CT molecular complexity index is 450. The second-order valence-electron chi connectivity index (χ2n) is 2.36. The molecule has 0 atom stereocenters. The number of anilines is 1. The average molecular weight is 207 g/mol. The van der Waals surface area contributed by atoms with Crippen LogP contribution >= 0.6 is 22.9 Å². The molecule has 0 saturated heterocycles. The summed E-state index contributed by atoms with van der Waals surface area (Å²) in [6, 6.07) is 5.92. The zero-order valence-corrected chi connectivity index (χ0v) is 8.15. The summed E-state index contributed by atoms with van der Waals surface area (Å²) in [7, 11) is 0. The topological polar surface area (TPSA) is 62.7 Å². The Kier molecular flexibility index (Phi) is 2.00. The molecule has 0 unspecified atom stereocenters. The van der Waals surface area contributed by atoms with Gasteiger partial charge >= 0.3 is 0 Å². The third-order valence-electron chi connectivity index (χ3n) is 1.58. The number of aromatic nitrogens is 1. The van der Waals surface area contributed by atoms with Crippen LogP contribution in [0.5, 0.6) is 0 Å². The van der Waals surface area contributed by atoms with Gasteiger partial charge in [-0.05, 0) is 23.0 Å². The summed E-state index contributed by atoms with van der Waals surface area (Å²) in [5, 5.41) is 11.3. The molecule has 0 spiro atoms. The van der Waals surface area contributed by atoms with E-state index in [-0.39, 0.29) is 0 Å². The van der Waals surface area contributed by atoms with E-state index in [0.717, 1.165) is 4.88 Å². The average Bonchev–Trinajstić information content (AvgIpc) is 2.71. The first-order valence-corrected chi connectivity index (χ1v) is 5.17. The number of thiophene rings is 1. The van der Waals surface area contributed by atoms with Crippen molar-refractivity contribution in [3.63, 3.8) is 0 Å². The molecule has 2 N–H and O–H groups in total. The van der Waals surface area contributed by atoms with Crippen molar-refractivity contribution in [2.24, 2.45) is 0 Å². The van der Waals surface area contributed by atoms with Crippen molar-refractivity contribution in [1.82, 2.24) is 4.37 Å². The summed E-state index contributed by atoms with van der Waals surface area (Å²) in [5.74, 6) is 0. The lowest BCUT2D eigenvalue weighted by atomic mass is 10.2. The number of rotatable bonds is 1. The van der Waals surface area contributed by atoms with E-state index < -0.39 is 0 Å². The Balaban J connectivity index is 2.60. The fraction of sp³-hybridized carbons (Fsp3) is 0. The number of nitrogens with two attached hydrogens (primary N) is 1. The number of hydrogen-bond acceptors (Lipinski definition) is 5. The highest BCUT2D eigenvalue weighted by molar-refractivity contribution is 7.14. The lowest BCUT2D eigenvalue weighted by Crippen LogP contribution is -1.84. The van der Waals surface area contributed by atoms with E-state index in [1.165, 1.54) is 11.5 Å². The van der Waals surface area contributed by atoms with Gasteiger partial charge < -0.3 is 5.73 Å². The van der Waals surface area contributed by atoms with Crippen molar-refractivity contribution in [1.29, 1.82) is 5.26 Å². The fourth-order valence-corrected chi connectivity index (χ4v) is 2.38. The highest BCUT2D eigenvalue weighted by atomic mass is 32.1. The predicted octanol–water partition coefficient (Wildman–Crippen LogP) is 2.33. The summed E-state index contributed by atoms with van der Waals surface area (Å²) in [6.07, 6.45) is 0. The number of nitrogen functional groups attached to an aromatic ring is 1. The van der Waals surface area contributed by atoms with Crippen LogP contribution in [0.25, 0.3) is 10.6 Å². The molecule has 0 fully saturated rings. The van der Waals surface area contributed by atoms with Crippen molar-refractivity contribution in [3.8, 4) is 16.6 Å². The van der Waals surface area contributed by atoms with Gasteiger partial charge in [-0.3, -0.25) is 0 Å². The predicted molar refractivity (Wildman–Crippen MR) is 54.6 cm³/mol. The van der Waals surface area contributed by atoms with Crippen LogP contribution in [0.2, 0.25) is 0 Å². The van der Waals surface area contributed by atoms with Crippen molar-refractivity contribution in [2.45, 2.75) is 0 Å². The van der Waals surface area contributed by atoms with E-state index in [4.69, 9.17) is 11.0 Å². The molecule has 13 heavy (non-hydrogen) atoms. The molecule has 2 heterocycles. The lowest BCUT2D eigenvalue weighted by Gasteiger charge is -1.89. The maximum atomic E-state index is 8.83. The van der Waals surface area contributed by atoms with Gasteiger partial charge in [0, 0.05) is 0 Å². The van der Waals surface area contributed by atoms with Gasteiger partial charge in [-0.25, -0.2) is 0 Å². The SMILES string of the molecule is N#Cc1c(-c2cccs2)nsc1N. The van der Waals surface area contributed by atoms with Gasteiger partial charge in [0.05, 0.1) is 4.88 Å². The molecule has 5 heteroatoms. The molecular weight excluding hydrogens is 202 g/mol. The van der Waals surface area contributed by atoms with Gasteiger partial charge in [0.2, 0.25) is 0 Å². The summed E-state index contributed by atoms with van der Waals surface area (Å²) in [4.78, 5) is 0.990. The van der Waals surface area contributed by atoms with Crippen molar-refractivity contribution in [2.75, 3.05) is 5.73 Å². The summed E-state index contributed by atoms with van der Waals surface area (Å²) in [6.45, 7) is 0. The van der Waals surface area contributed by atoms with Crippen LogP contribution in [0.15, 0.2) is 17.5 Å². The molecule has 3 nitrogen and oxygen atoms in total. The fourth-order valence-electron chi connectivity index (χ4n) is 0.992. The van der Waals surface area contributed by atoms with E-state index in [1.54, 1.807) is 11.3 Å². The molecule has 2 aromatic rings. The normalized spacial score (nSPS) is 9.77. The second kappa shape index (κ2) is 3.17. The minimum absolute atomic E-state index is 0.492. The maximum Gasteiger partial charge on any atom is 0.125 e. The maximum absolute atomic E-state index is 8.83. The van der Waals surface area contributed by atoms with Crippen LogP contribution in [0, 0.1) is 11.3 Å². The summed E-state index contributed by atoms with van der Waals surface area (Å²) >= 11 is 2.72. The number of hydrogen-bond donors (Lipinski definition) is 1. The molecule has 0 saturated carbocycles. The molecule has 2 aromatic heterocycles. The molecule has 0 aromatic carbocycles. The van der Waals surface area contributed by atoms with Crippen LogP contribution in [0.4, 0.5) is 5.00 Å². The van der Waals surface area contributed by atoms with Crippen LogP contribution in [-0.2, 0) is 0 Å². The summed E-state index contributed by atoms with van der Waals surface area (Å²) in [5.41, 5.74) is 6.80. The largest absolute Gasteiger partial charge is 0.388 e. The molecule has 0 aliphatic carbocycles. The van der Waals surface area contributed by atoms with Gasteiger partial charge in [0.15, 0.2) is 0 Å². The number of nitrogens with zero attached hydrogens (tertiary/aromatic N) is 2. The molecule has 0 amide bonds. The van der Waals surface area contributed by atoms with Crippen molar-refractivity contribution < 1.29 is 0 Å². The Hall–Kier alpha value is -1.38. The number of nitriles is 1. The Labute approximate surface area is 83.2 Å². The van der Waals surface area contributed by atoms with Crippen molar-refractivity contribution in [3.05, 3.63) is 23.1 Å². The van der Waals surface area contributed by atoms with Gasteiger partial charge in [-0.2, -0.15) is 9.64 Å². The van der Waals surface area contributed by atoms with E-state index in [0.29, 0.717) is 16.3 Å². The highest BCUT2D eigenvalue weighted by Crippen LogP contribution is 2.31. The first-order chi connectivity index (χ1) is 6.33. The minimum atomic E-state index is 0.492. The van der Waals surface area contributed by atoms with E-state index in [9.17, 15) is 0 Å². The Morgan fingerprint density at radius 1 is 1.54 bits per heavy atom. The standard InChI is InChI=1S/C8H5N3S2/c9-4-5-7(11-13-8(5)10)6-2-1-3-12-6/h1-3H,10H2. The molecule has 0 aliphatic heterocycles. The quantitative estimate of drug-likeness (QED) is 0.780. The zero-order valence-electron chi connectivity index (χ0n) is 6.52. The first-order valence-electron chi connectivity index (χ1n) is 3.52. The molecule has 0 radical (unpaired) electrons. The molecular formula is C8H5N3S2. The molecule has 0 aliphatic rings. The molecule has 2 rings (SSSR count). The third kappa shape index (κ3) is 1.30. The van der Waals surface area contributed by atoms with Gasteiger partial charge in [0.25, 0.3) is 0 Å². The monoisotopic (exact) mass is 207 g/mol. The van der Waals surface area contributed by atoms with Gasteiger partial charge in [-0.1, -0.05) is 6.07 Å². The Morgan fingerprint density at radius 2 is 2.38 bits per heavy atom. The smallest absolute Gasteiger partial charge is 0.125 e. The first kappa shape index (κ1) is 8.23. The summed E-state index contributed by atoms with van der Waals surface area (Å²) < 4.78 is 4.13. The lowest BCUT2D eigenvalue weighted by molar-refractivity contribution is 1.48. The third-order valence-corrected chi connectivity index (χ3v) is 3.14. The van der Waals surface area contributed by atoms with Crippen LogP contribution < -0.4 is 5.73 Å². The molecule has 0 bridgehead atoms. The highest BCUT2D eigenvalue weighted by Gasteiger charge is 2.12. The van der Waals surface area contributed by atoms with Crippen LogP contribution in [0.1, 0.15) is 5.56 Å². The molecule has 64 valence electrons. The zero-order chi connectivity index (χ0) is 9.26. The second-order valence-corrected chi connectivity index (χ2v) is 4.11. The van der Waals surface area contributed by atoms with Gasteiger partial charge in [-0.15, -0.1) is 11.3 Å². The van der Waals surface area contributed by atoms with E-state index in [1.807, 2.05) is 17.5 Å². The van der Waals surface area contributed by atoms with Crippen molar-refractivity contribution >= 4 is 27.9 Å². The van der Waals surface area contributed by atoms with Crippen LogP contribution in [0.3, 0.4) is 0 Å². The van der Waals surface area contributed by atoms with Gasteiger partial charge in [0.1, 0.15) is 22.3 Å². The Morgan fingerprint density at radius 3 is 3.00 bits per heavy atom. The van der Waals surface area contributed by atoms with Crippen LogP contribution in [-0.4, -0.2) is 4.37 Å². The minimum Gasteiger partial charge on any atom is -0.388 e.